The molecule has 1 heterocycles. The lowest BCUT2D eigenvalue weighted by Gasteiger charge is -2.22. The van der Waals surface area contributed by atoms with Gasteiger partial charge in [-0.3, -0.25) is 4.79 Å². The van der Waals surface area contributed by atoms with E-state index in [1.165, 1.54) is 23.1 Å². The lowest BCUT2D eigenvalue weighted by Crippen LogP contribution is -2.44. The molecule has 0 fully saturated rings. The standard InChI is InChI=1S/C12H17NO3S2/c1-7(10(14)13-12(2,3)4)18-8-5-9(11(15)16)17-6-8/h5-7H,1-4H3,(H,13,14)(H,15,16). The highest BCUT2D eigenvalue weighted by Crippen LogP contribution is 2.28. The van der Waals surface area contributed by atoms with Crippen LogP contribution in [0.3, 0.4) is 0 Å². The number of aromatic carboxylic acids is 1. The molecule has 0 radical (unpaired) electrons. The molecule has 0 aliphatic rings. The van der Waals surface area contributed by atoms with E-state index >= 15 is 0 Å². The van der Waals surface area contributed by atoms with Gasteiger partial charge in [-0.15, -0.1) is 23.1 Å². The summed E-state index contributed by atoms with van der Waals surface area (Å²) in [5.41, 5.74) is -0.257. The van der Waals surface area contributed by atoms with E-state index < -0.39 is 5.97 Å². The molecule has 0 spiro atoms. The van der Waals surface area contributed by atoms with Crippen LogP contribution in [0.25, 0.3) is 0 Å². The Balaban J connectivity index is 2.61. The van der Waals surface area contributed by atoms with E-state index in [0.717, 1.165) is 4.90 Å². The fourth-order valence-electron chi connectivity index (χ4n) is 1.22. The number of thiophene rings is 1. The molecule has 0 saturated carbocycles. The lowest BCUT2D eigenvalue weighted by atomic mass is 10.1. The SMILES string of the molecule is CC(Sc1csc(C(=O)O)c1)C(=O)NC(C)(C)C. The molecule has 1 atom stereocenters. The Bertz CT molecular complexity index is 448. The van der Waals surface area contributed by atoms with Crippen molar-refractivity contribution in [3.63, 3.8) is 0 Å². The van der Waals surface area contributed by atoms with Crippen molar-refractivity contribution in [3.05, 3.63) is 16.3 Å². The monoisotopic (exact) mass is 287 g/mol. The van der Waals surface area contributed by atoms with Crippen LogP contribution in [0, 0.1) is 0 Å². The number of nitrogens with one attached hydrogen (secondary N) is 1. The topological polar surface area (TPSA) is 66.4 Å². The Morgan fingerprint density at radius 3 is 2.50 bits per heavy atom. The van der Waals surface area contributed by atoms with Gasteiger partial charge in [0.2, 0.25) is 5.91 Å². The van der Waals surface area contributed by atoms with Gasteiger partial charge in [-0.05, 0) is 33.8 Å². The van der Waals surface area contributed by atoms with Gasteiger partial charge in [0.1, 0.15) is 4.88 Å². The van der Waals surface area contributed by atoms with Gasteiger partial charge in [0.05, 0.1) is 5.25 Å². The molecule has 1 amide bonds. The van der Waals surface area contributed by atoms with Crippen molar-refractivity contribution >= 4 is 35.0 Å². The van der Waals surface area contributed by atoms with Crippen molar-refractivity contribution in [1.82, 2.24) is 5.32 Å². The van der Waals surface area contributed by atoms with Crippen molar-refractivity contribution in [2.75, 3.05) is 0 Å². The first-order valence-corrected chi connectivity index (χ1v) is 7.25. The van der Waals surface area contributed by atoms with E-state index in [1.807, 2.05) is 27.7 Å². The maximum Gasteiger partial charge on any atom is 0.345 e. The van der Waals surface area contributed by atoms with Gasteiger partial charge in [0.25, 0.3) is 0 Å². The first-order valence-electron chi connectivity index (χ1n) is 5.49. The van der Waals surface area contributed by atoms with Crippen molar-refractivity contribution < 1.29 is 14.7 Å². The summed E-state index contributed by atoms with van der Waals surface area (Å²) in [6.45, 7) is 7.59. The number of amides is 1. The van der Waals surface area contributed by atoms with Crippen molar-refractivity contribution in [3.8, 4) is 0 Å². The predicted octanol–water partition coefficient (Wildman–Crippen LogP) is 2.84. The van der Waals surface area contributed by atoms with E-state index in [-0.39, 0.29) is 16.7 Å². The van der Waals surface area contributed by atoms with Crippen LogP contribution in [0.5, 0.6) is 0 Å². The van der Waals surface area contributed by atoms with Crippen molar-refractivity contribution in [1.29, 1.82) is 0 Å². The number of thioether (sulfide) groups is 1. The summed E-state index contributed by atoms with van der Waals surface area (Å²) >= 11 is 2.54. The lowest BCUT2D eigenvalue weighted by molar-refractivity contribution is -0.121. The zero-order chi connectivity index (χ0) is 13.9. The van der Waals surface area contributed by atoms with Crippen LogP contribution in [0.1, 0.15) is 37.4 Å². The fourth-order valence-corrected chi connectivity index (χ4v) is 3.03. The third-order valence-corrected chi connectivity index (χ3v) is 4.11. The maximum atomic E-state index is 11.9. The number of hydrogen-bond acceptors (Lipinski definition) is 4. The highest BCUT2D eigenvalue weighted by atomic mass is 32.2. The number of carbonyl (C=O) groups is 2. The quantitative estimate of drug-likeness (QED) is 0.836. The highest BCUT2D eigenvalue weighted by molar-refractivity contribution is 8.00. The predicted molar refractivity (Wildman–Crippen MR) is 74.5 cm³/mol. The van der Waals surface area contributed by atoms with Gasteiger partial charge in [0, 0.05) is 15.8 Å². The zero-order valence-electron chi connectivity index (χ0n) is 10.8. The molecule has 4 nitrogen and oxygen atoms in total. The molecule has 0 aromatic carbocycles. The Kier molecular flexibility index (Phi) is 4.81. The van der Waals surface area contributed by atoms with E-state index in [4.69, 9.17) is 5.11 Å². The summed E-state index contributed by atoms with van der Waals surface area (Å²) in [6.07, 6.45) is 0. The van der Waals surface area contributed by atoms with Crippen LogP contribution < -0.4 is 5.32 Å². The second kappa shape index (κ2) is 5.75. The highest BCUT2D eigenvalue weighted by Gasteiger charge is 2.20. The number of hydrogen-bond donors (Lipinski definition) is 2. The van der Waals surface area contributed by atoms with Gasteiger partial charge < -0.3 is 10.4 Å². The third-order valence-electron chi connectivity index (χ3n) is 1.97. The molecule has 1 aromatic rings. The largest absolute Gasteiger partial charge is 0.477 e. The Morgan fingerprint density at radius 2 is 2.06 bits per heavy atom. The fraction of sp³-hybridized carbons (Fsp3) is 0.500. The summed E-state index contributed by atoms with van der Waals surface area (Å²) in [4.78, 5) is 23.7. The Hall–Kier alpha value is -1.01. The second-order valence-corrected chi connectivity index (χ2v) is 7.28. The number of carboxylic acid groups (broad SMARTS) is 1. The normalized spacial score (nSPS) is 13.1. The summed E-state index contributed by atoms with van der Waals surface area (Å²) < 4.78 is 0. The minimum Gasteiger partial charge on any atom is -0.477 e. The molecule has 0 aliphatic heterocycles. The average molecular weight is 287 g/mol. The van der Waals surface area contributed by atoms with Crippen molar-refractivity contribution in [2.24, 2.45) is 0 Å². The minimum atomic E-state index is -0.932. The molecule has 2 N–H and O–H groups in total. The van der Waals surface area contributed by atoms with Crippen LogP contribution in [0.2, 0.25) is 0 Å². The maximum absolute atomic E-state index is 11.9. The summed E-state index contributed by atoms with van der Waals surface area (Å²) in [5.74, 6) is -0.978. The van der Waals surface area contributed by atoms with Gasteiger partial charge in [-0.25, -0.2) is 4.79 Å². The molecule has 1 aromatic heterocycles. The molecule has 0 aliphatic carbocycles. The molecular weight excluding hydrogens is 270 g/mol. The third kappa shape index (κ3) is 4.70. The molecule has 6 heteroatoms. The Labute approximate surface area is 115 Å². The smallest absolute Gasteiger partial charge is 0.345 e. The van der Waals surface area contributed by atoms with E-state index in [9.17, 15) is 9.59 Å². The number of carbonyl (C=O) groups excluding carboxylic acids is 1. The minimum absolute atomic E-state index is 0.0458. The van der Waals surface area contributed by atoms with Crippen LogP contribution >= 0.6 is 23.1 Å². The van der Waals surface area contributed by atoms with Gasteiger partial charge in [0.15, 0.2) is 0 Å². The summed E-state index contributed by atoms with van der Waals surface area (Å²) in [5, 5.41) is 13.2. The number of carboxylic acids is 1. The van der Waals surface area contributed by atoms with Crippen LogP contribution in [0.15, 0.2) is 16.3 Å². The Morgan fingerprint density at radius 1 is 1.44 bits per heavy atom. The molecular formula is C12H17NO3S2. The van der Waals surface area contributed by atoms with Crippen LogP contribution in [0.4, 0.5) is 0 Å². The molecule has 0 saturated heterocycles. The molecule has 100 valence electrons. The van der Waals surface area contributed by atoms with Crippen LogP contribution in [-0.2, 0) is 4.79 Å². The van der Waals surface area contributed by atoms with E-state index in [0.29, 0.717) is 4.88 Å². The molecule has 0 bridgehead atoms. The molecule has 18 heavy (non-hydrogen) atoms. The number of rotatable bonds is 4. The average Bonchev–Trinajstić information content (AvgIpc) is 2.63. The van der Waals surface area contributed by atoms with Crippen LogP contribution in [-0.4, -0.2) is 27.8 Å². The van der Waals surface area contributed by atoms with Gasteiger partial charge in [-0.2, -0.15) is 0 Å². The molecule has 1 unspecified atom stereocenters. The second-order valence-electron chi connectivity index (χ2n) is 4.95. The first-order chi connectivity index (χ1) is 8.19. The van der Waals surface area contributed by atoms with E-state index in [1.54, 1.807) is 11.4 Å². The molecule has 1 rings (SSSR count). The first kappa shape index (κ1) is 15.0. The zero-order valence-corrected chi connectivity index (χ0v) is 12.4. The van der Waals surface area contributed by atoms with Gasteiger partial charge in [-0.1, -0.05) is 0 Å². The summed E-state index contributed by atoms with van der Waals surface area (Å²) in [7, 11) is 0. The van der Waals surface area contributed by atoms with Gasteiger partial charge >= 0.3 is 5.97 Å². The van der Waals surface area contributed by atoms with Crippen molar-refractivity contribution in [2.45, 2.75) is 43.4 Å². The van der Waals surface area contributed by atoms with E-state index in [2.05, 4.69) is 5.32 Å². The summed E-state index contributed by atoms with van der Waals surface area (Å²) in [6, 6.07) is 1.60.